The molecule has 0 fully saturated rings. The normalized spacial score (nSPS) is 8.77. The second-order valence-electron chi connectivity index (χ2n) is 2.63. The van der Waals surface area contributed by atoms with Crippen molar-refractivity contribution in [3.05, 3.63) is 23.1 Å². The molecule has 0 aliphatic heterocycles. The van der Waals surface area contributed by atoms with Gasteiger partial charge in [-0.3, -0.25) is 0 Å². The van der Waals surface area contributed by atoms with Gasteiger partial charge in [-0.1, -0.05) is 6.07 Å². The largest absolute Gasteiger partial charge is 0.506 e. The lowest BCUT2D eigenvalue weighted by Crippen LogP contribution is -2.08. The van der Waals surface area contributed by atoms with Gasteiger partial charge in [0.05, 0.1) is 0 Å². The Kier molecular flexibility index (Phi) is 4.20. The molecule has 0 heterocycles. The van der Waals surface area contributed by atoms with Crippen LogP contribution < -0.4 is 4.90 Å². The summed E-state index contributed by atoms with van der Waals surface area (Å²) in [5, 5.41) is 12.2. The molecule has 0 atom stereocenters. The molecule has 5 heteroatoms. The smallest absolute Gasteiger partial charge is 0.141 e. The van der Waals surface area contributed by atoms with Crippen molar-refractivity contribution in [3.63, 3.8) is 0 Å². The summed E-state index contributed by atoms with van der Waals surface area (Å²) in [4.78, 5) is 11.9. The number of aromatic hydroxyl groups is 1. The molecule has 0 aliphatic carbocycles. The van der Waals surface area contributed by atoms with E-state index in [4.69, 9.17) is 0 Å². The molecule has 4 nitrogen and oxygen atoms in total. The fraction of sp³-hybridized carbons (Fsp3) is 0.250. The Balaban J connectivity index is 0.00000144. The van der Waals surface area contributed by atoms with Crippen molar-refractivity contribution in [2.45, 2.75) is 0 Å². The Morgan fingerprint density at radius 1 is 1.38 bits per heavy atom. The molecule has 72 valence electrons. The first-order valence-electron chi connectivity index (χ1n) is 3.49. The van der Waals surface area contributed by atoms with Gasteiger partial charge < -0.3 is 10.0 Å². The van der Waals surface area contributed by atoms with E-state index in [9.17, 15) is 10.0 Å². The monoisotopic (exact) mass is 202 g/mol. The van der Waals surface area contributed by atoms with E-state index in [1.165, 1.54) is 6.07 Å². The summed E-state index contributed by atoms with van der Waals surface area (Å²) >= 11 is 0. The van der Waals surface area contributed by atoms with Crippen molar-refractivity contribution < 1.29 is 5.11 Å². The average Bonchev–Trinajstić information content (AvgIpc) is 2.03. The van der Waals surface area contributed by atoms with Crippen molar-refractivity contribution in [2.24, 2.45) is 5.18 Å². The van der Waals surface area contributed by atoms with Gasteiger partial charge in [0.2, 0.25) is 0 Å². The molecule has 0 aliphatic rings. The molecule has 0 bridgehead atoms. The van der Waals surface area contributed by atoms with E-state index in [0.29, 0.717) is 5.69 Å². The van der Waals surface area contributed by atoms with Crippen LogP contribution in [0.4, 0.5) is 11.4 Å². The van der Waals surface area contributed by atoms with E-state index in [1.807, 2.05) is 0 Å². The molecular formula is C8H11ClN2O2. The summed E-state index contributed by atoms with van der Waals surface area (Å²) < 4.78 is 0. The van der Waals surface area contributed by atoms with E-state index < -0.39 is 0 Å². The van der Waals surface area contributed by atoms with Crippen molar-refractivity contribution in [2.75, 3.05) is 19.0 Å². The van der Waals surface area contributed by atoms with Gasteiger partial charge in [0.25, 0.3) is 0 Å². The summed E-state index contributed by atoms with van der Waals surface area (Å²) in [6, 6.07) is 4.66. The maximum Gasteiger partial charge on any atom is 0.141 e. The summed E-state index contributed by atoms with van der Waals surface area (Å²) in [5.41, 5.74) is 0.701. The van der Waals surface area contributed by atoms with Gasteiger partial charge in [-0.05, 0) is 17.3 Å². The quantitative estimate of drug-likeness (QED) is 0.749. The lowest BCUT2D eigenvalue weighted by atomic mass is 10.2. The minimum atomic E-state index is 0. The van der Waals surface area contributed by atoms with Crippen LogP contribution in [0.3, 0.4) is 0 Å². The fourth-order valence-electron chi connectivity index (χ4n) is 1.05. The molecule has 1 rings (SSSR count). The Morgan fingerprint density at radius 2 is 2.00 bits per heavy atom. The minimum absolute atomic E-state index is 0. The molecule has 1 aromatic rings. The Hall–Kier alpha value is -1.29. The zero-order valence-electron chi connectivity index (χ0n) is 7.39. The third-order valence-corrected chi connectivity index (χ3v) is 1.54. The second-order valence-corrected chi connectivity index (χ2v) is 2.63. The third kappa shape index (κ3) is 2.32. The summed E-state index contributed by atoms with van der Waals surface area (Å²) in [5.74, 6) is 0.0668. The zero-order chi connectivity index (χ0) is 9.14. The Labute approximate surface area is 82.6 Å². The highest BCUT2D eigenvalue weighted by Gasteiger charge is 2.09. The first kappa shape index (κ1) is 11.7. The molecule has 0 saturated carbocycles. The van der Waals surface area contributed by atoms with Gasteiger partial charge in [-0.25, -0.2) is 0 Å². The van der Waals surface area contributed by atoms with Crippen LogP contribution in [0.2, 0.25) is 0 Å². The van der Waals surface area contributed by atoms with E-state index in [-0.39, 0.29) is 23.8 Å². The number of hydrogen-bond donors (Lipinski definition) is 1. The summed E-state index contributed by atoms with van der Waals surface area (Å²) in [6.45, 7) is 0. The lowest BCUT2D eigenvalue weighted by molar-refractivity contribution is 0.476. The van der Waals surface area contributed by atoms with Gasteiger partial charge >= 0.3 is 0 Å². The lowest BCUT2D eigenvalue weighted by Gasteiger charge is -2.14. The molecule has 0 aromatic heterocycles. The van der Waals surface area contributed by atoms with Crippen LogP contribution in [0.25, 0.3) is 0 Å². The van der Waals surface area contributed by atoms with Gasteiger partial charge in [-0.2, -0.15) is 0 Å². The first-order chi connectivity index (χ1) is 5.66. The zero-order valence-corrected chi connectivity index (χ0v) is 8.21. The van der Waals surface area contributed by atoms with E-state index in [0.717, 1.165) is 0 Å². The maximum absolute atomic E-state index is 10.3. The van der Waals surface area contributed by atoms with Crippen LogP contribution in [-0.4, -0.2) is 19.2 Å². The fourth-order valence-corrected chi connectivity index (χ4v) is 1.05. The number of halogens is 1. The molecule has 13 heavy (non-hydrogen) atoms. The minimum Gasteiger partial charge on any atom is -0.506 e. The maximum atomic E-state index is 10.3. The third-order valence-electron chi connectivity index (χ3n) is 1.54. The molecular weight excluding hydrogens is 192 g/mol. The summed E-state index contributed by atoms with van der Waals surface area (Å²) in [6.07, 6.45) is 0. The van der Waals surface area contributed by atoms with Crippen LogP contribution in [-0.2, 0) is 0 Å². The predicted octanol–water partition coefficient (Wildman–Crippen LogP) is 2.28. The van der Waals surface area contributed by atoms with Gasteiger partial charge in [0.15, 0.2) is 0 Å². The molecule has 0 amide bonds. The topological polar surface area (TPSA) is 52.9 Å². The second kappa shape index (κ2) is 4.67. The number of phenolic OH excluding ortho intramolecular Hbond substituents is 1. The van der Waals surface area contributed by atoms with Crippen LogP contribution in [0, 0.1) is 4.91 Å². The molecule has 0 unspecified atom stereocenters. The number of para-hydroxylation sites is 1. The molecule has 1 N–H and O–H groups in total. The average molecular weight is 203 g/mol. The SMILES string of the molecule is CN(C)c1c(O)cccc1N=O.Cl. The van der Waals surface area contributed by atoms with Gasteiger partial charge in [-0.15, -0.1) is 17.3 Å². The molecule has 0 saturated heterocycles. The number of rotatable bonds is 2. The highest BCUT2D eigenvalue weighted by Crippen LogP contribution is 2.35. The van der Waals surface area contributed by atoms with E-state index >= 15 is 0 Å². The molecule has 0 radical (unpaired) electrons. The van der Waals surface area contributed by atoms with Crippen LogP contribution in [0.15, 0.2) is 23.4 Å². The number of nitroso groups, excluding NO2 is 1. The van der Waals surface area contributed by atoms with Crippen molar-refractivity contribution in [1.82, 2.24) is 0 Å². The Bertz CT molecular complexity index is 302. The highest BCUT2D eigenvalue weighted by atomic mass is 35.5. The Morgan fingerprint density at radius 3 is 2.38 bits per heavy atom. The summed E-state index contributed by atoms with van der Waals surface area (Å²) in [7, 11) is 3.48. The van der Waals surface area contributed by atoms with Crippen LogP contribution in [0.5, 0.6) is 5.75 Å². The number of hydrogen-bond acceptors (Lipinski definition) is 4. The first-order valence-corrected chi connectivity index (χ1v) is 3.49. The number of benzene rings is 1. The van der Waals surface area contributed by atoms with Crippen molar-refractivity contribution >= 4 is 23.8 Å². The van der Waals surface area contributed by atoms with Crippen molar-refractivity contribution in [1.29, 1.82) is 0 Å². The van der Waals surface area contributed by atoms with E-state index in [2.05, 4.69) is 5.18 Å². The van der Waals surface area contributed by atoms with Crippen LogP contribution >= 0.6 is 12.4 Å². The van der Waals surface area contributed by atoms with E-state index in [1.54, 1.807) is 31.1 Å². The van der Waals surface area contributed by atoms with Gasteiger partial charge in [0.1, 0.15) is 17.1 Å². The van der Waals surface area contributed by atoms with Crippen molar-refractivity contribution in [3.8, 4) is 5.75 Å². The number of phenols is 1. The van der Waals surface area contributed by atoms with Gasteiger partial charge in [0, 0.05) is 14.1 Å². The number of nitrogens with zero attached hydrogens (tertiary/aromatic N) is 2. The standard InChI is InChI=1S/C8H10N2O2.ClH/c1-10(2)8-6(9-12)4-3-5-7(8)11;/h3-5,11H,1-2H3;1H. The number of anilines is 1. The predicted molar refractivity (Wildman–Crippen MR) is 55.1 cm³/mol. The molecule has 1 aromatic carbocycles. The van der Waals surface area contributed by atoms with Crippen LogP contribution in [0.1, 0.15) is 0 Å². The molecule has 0 spiro atoms. The highest BCUT2D eigenvalue weighted by molar-refractivity contribution is 5.85.